The zero-order valence-electron chi connectivity index (χ0n) is 8.96. The highest BCUT2D eigenvalue weighted by molar-refractivity contribution is 5.44. The Labute approximate surface area is 79.9 Å². The van der Waals surface area contributed by atoms with Crippen molar-refractivity contribution in [2.75, 3.05) is 5.73 Å². The van der Waals surface area contributed by atoms with Gasteiger partial charge in [-0.2, -0.15) is 5.10 Å². The molecule has 1 aromatic heterocycles. The molecule has 0 aromatic carbocycles. The van der Waals surface area contributed by atoms with Crippen molar-refractivity contribution in [1.82, 2.24) is 9.78 Å². The number of hydrogen-bond donors (Lipinski definition) is 1. The standard InChI is InChI=1S/C10H19N3/c1-5-6-8-9(7(2)3)10(11)12-13(8)4/h7H,5-6H2,1-4H3,(H2,11,12). The monoisotopic (exact) mass is 181 g/mol. The first kappa shape index (κ1) is 10.1. The van der Waals surface area contributed by atoms with Gasteiger partial charge < -0.3 is 5.73 Å². The van der Waals surface area contributed by atoms with Crippen LogP contribution in [0.1, 0.15) is 44.4 Å². The molecule has 0 unspecified atom stereocenters. The molecular formula is C10H19N3. The summed E-state index contributed by atoms with van der Waals surface area (Å²) in [6, 6.07) is 0. The van der Waals surface area contributed by atoms with Gasteiger partial charge in [0.05, 0.1) is 0 Å². The lowest BCUT2D eigenvalue weighted by molar-refractivity contribution is 0.689. The highest BCUT2D eigenvalue weighted by Crippen LogP contribution is 2.25. The van der Waals surface area contributed by atoms with E-state index in [1.54, 1.807) is 0 Å². The number of aryl methyl sites for hydroxylation is 1. The van der Waals surface area contributed by atoms with E-state index in [0.29, 0.717) is 11.7 Å². The maximum atomic E-state index is 5.84. The van der Waals surface area contributed by atoms with Gasteiger partial charge in [0.15, 0.2) is 0 Å². The quantitative estimate of drug-likeness (QED) is 0.775. The topological polar surface area (TPSA) is 43.8 Å². The number of aromatic nitrogens is 2. The Morgan fingerprint density at radius 2 is 2.08 bits per heavy atom. The Kier molecular flexibility index (Phi) is 2.96. The molecular weight excluding hydrogens is 162 g/mol. The van der Waals surface area contributed by atoms with E-state index in [1.165, 1.54) is 11.3 Å². The Balaban J connectivity index is 3.13. The summed E-state index contributed by atoms with van der Waals surface area (Å²) in [6.45, 7) is 6.49. The van der Waals surface area contributed by atoms with Crippen molar-refractivity contribution in [3.05, 3.63) is 11.3 Å². The van der Waals surface area contributed by atoms with Crippen LogP contribution in [0.15, 0.2) is 0 Å². The van der Waals surface area contributed by atoms with E-state index >= 15 is 0 Å². The van der Waals surface area contributed by atoms with Crippen LogP contribution in [0.3, 0.4) is 0 Å². The van der Waals surface area contributed by atoms with E-state index in [4.69, 9.17) is 5.73 Å². The predicted molar refractivity (Wildman–Crippen MR) is 55.7 cm³/mol. The third kappa shape index (κ3) is 1.85. The number of rotatable bonds is 3. The van der Waals surface area contributed by atoms with Gasteiger partial charge in [0.2, 0.25) is 0 Å². The molecule has 2 N–H and O–H groups in total. The van der Waals surface area contributed by atoms with Crippen molar-refractivity contribution < 1.29 is 0 Å². The van der Waals surface area contributed by atoms with Crippen LogP contribution < -0.4 is 5.73 Å². The highest BCUT2D eigenvalue weighted by Gasteiger charge is 2.15. The van der Waals surface area contributed by atoms with Crippen molar-refractivity contribution >= 4 is 5.82 Å². The fourth-order valence-electron chi connectivity index (χ4n) is 1.76. The molecule has 3 heteroatoms. The average Bonchev–Trinajstić information content (AvgIpc) is 2.27. The second-order valence-corrected chi connectivity index (χ2v) is 3.77. The molecule has 13 heavy (non-hydrogen) atoms. The molecule has 0 amide bonds. The summed E-state index contributed by atoms with van der Waals surface area (Å²) in [7, 11) is 1.97. The summed E-state index contributed by atoms with van der Waals surface area (Å²) < 4.78 is 1.91. The van der Waals surface area contributed by atoms with Crippen LogP contribution in [0, 0.1) is 0 Å². The summed E-state index contributed by atoms with van der Waals surface area (Å²) in [5.74, 6) is 1.16. The second-order valence-electron chi connectivity index (χ2n) is 3.77. The zero-order valence-corrected chi connectivity index (χ0v) is 8.96. The molecule has 3 nitrogen and oxygen atoms in total. The van der Waals surface area contributed by atoms with E-state index in [-0.39, 0.29) is 0 Å². The predicted octanol–water partition coefficient (Wildman–Crippen LogP) is 2.08. The van der Waals surface area contributed by atoms with Gasteiger partial charge in [-0.1, -0.05) is 27.2 Å². The normalized spacial score (nSPS) is 11.2. The number of hydrogen-bond acceptors (Lipinski definition) is 2. The number of anilines is 1. The first-order chi connectivity index (χ1) is 6.07. The maximum absolute atomic E-state index is 5.84. The third-order valence-electron chi connectivity index (χ3n) is 2.30. The van der Waals surface area contributed by atoms with Gasteiger partial charge in [-0.25, -0.2) is 0 Å². The summed E-state index contributed by atoms with van der Waals surface area (Å²) in [6.07, 6.45) is 2.20. The lowest BCUT2D eigenvalue weighted by Gasteiger charge is -2.07. The average molecular weight is 181 g/mol. The van der Waals surface area contributed by atoms with Crippen LogP contribution in [-0.2, 0) is 13.5 Å². The minimum absolute atomic E-state index is 0.468. The number of nitrogen functional groups attached to an aromatic ring is 1. The van der Waals surface area contributed by atoms with Gasteiger partial charge in [-0.15, -0.1) is 0 Å². The molecule has 1 heterocycles. The Hall–Kier alpha value is -0.990. The molecule has 0 bridgehead atoms. The molecule has 0 fully saturated rings. The molecule has 0 aliphatic heterocycles. The Morgan fingerprint density at radius 1 is 1.46 bits per heavy atom. The van der Waals surface area contributed by atoms with Gasteiger partial charge in [0.25, 0.3) is 0 Å². The molecule has 1 rings (SSSR count). The zero-order chi connectivity index (χ0) is 10.0. The molecule has 0 aliphatic rings. The largest absolute Gasteiger partial charge is 0.382 e. The van der Waals surface area contributed by atoms with Crippen molar-refractivity contribution in [2.24, 2.45) is 7.05 Å². The molecule has 0 aliphatic carbocycles. The molecule has 0 saturated carbocycles. The Bertz CT molecular complexity index is 287. The minimum atomic E-state index is 0.468. The molecule has 0 saturated heterocycles. The van der Waals surface area contributed by atoms with E-state index in [1.807, 2.05) is 11.7 Å². The first-order valence-corrected chi connectivity index (χ1v) is 4.89. The van der Waals surface area contributed by atoms with Crippen LogP contribution >= 0.6 is 0 Å². The van der Waals surface area contributed by atoms with Crippen molar-refractivity contribution in [3.8, 4) is 0 Å². The molecule has 1 aromatic rings. The fraction of sp³-hybridized carbons (Fsp3) is 0.700. The van der Waals surface area contributed by atoms with E-state index in [2.05, 4.69) is 25.9 Å². The summed E-state index contributed by atoms with van der Waals surface area (Å²) in [5, 5.41) is 4.25. The third-order valence-corrected chi connectivity index (χ3v) is 2.30. The highest BCUT2D eigenvalue weighted by atomic mass is 15.3. The maximum Gasteiger partial charge on any atom is 0.149 e. The van der Waals surface area contributed by atoms with Crippen LogP contribution in [0.25, 0.3) is 0 Å². The number of nitrogens with two attached hydrogens (primary N) is 1. The SMILES string of the molecule is CCCc1c(C(C)C)c(N)nn1C. The fourth-order valence-corrected chi connectivity index (χ4v) is 1.76. The lowest BCUT2D eigenvalue weighted by Crippen LogP contribution is -2.01. The lowest BCUT2D eigenvalue weighted by atomic mass is 10.0. The van der Waals surface area contributed by atoms with Crippen molar-refractivity contribution in [1.29, 1.82) is 0 Å². The van der Waals surface area contributed by atoms with E-state index in [0.717, 1.165) is 12.8 Å². The molecule has 0 atom stereocenters. The van der Waals surface area contributed by atoms with Crippen LogP contribution in [0.5, 0.6) is 0 Å². The van der Waals surface area contributed by atoms with Gasteiger partial charge in [-0.05, 0) is 12.3 Å². The minimum Gasteiger partial charge on any atom is -0.382 e. The van der Waals surface area contributed by atoms with E-state index < -0.39 is 0 Å². The summed E-state index contributed by atoms with van der Waals surface area (Å²) in [5.41, 5.74) is 8.35. The van der Waals surface area contributed by atoms with Gasteiger partial charge in [-0.3, -0.25) is 4.68 Å². The summed E-state index contributed by atoms with van der Waals surface area (Å²) >= 11 is 0. The summed E-state index contributed by atoms with van der Waals surface area (Å²) in [4.78, 5) is 0. The van der Waals surface area contributed by atoms with Crippen LogP contribution in [0.2, 0.25) is 0 Å². The number of nitrogens with zero attached hydrogens (tertiary/aromatic N) is 2. The van der Waals surface area contributed by atoms with E-state index in [9.17, 15) is 0 Å². The smallest absolute Gasteiger partial charge is 0.149 e. The van der Waals surface area contributed by atoms with Gasteiger partial charge in [0.1, 0.15) is 5.82 Å². The Morgan fingerprint density at radius 3 is 2.54 bits per heavy atom. The van der Waals surface area contributed by atoms with Crippen LogP contribution in [-0.4, -0.2) is 9.78 Å². The second kappa shape index (κ2) is 3.81. The molecule has 0 spiro atoms. The van der Waals surface area contributed by atoms with Crippen LogP contribution in [0.4, 0.5) is 5.82 Å². The van der Waals surface area contributed by atoms with Crippen molar-refractivity contribution in [2.45, 2.75) is 39.5 Å². The first-order valence-electron chi connectivity index (χ1n) is 4.89. The molecule has 0 radical (unpaired) electrons. The molecule has 74 valence electrons. The van der Waals surface area contributed by atoms with Gasteiger partial charge >= 0.3 is 0 Å². The van der Waals surface area contributed by atoms with Crippen molar-refractivity contribution in [3.63, 3.8) is 0 Å². The van der Waals surface area contributed by atoms with Gasteiger partial charge in [0, 0.05) is 18.3 Å².